The van der Waals surface area contributed by atoms with Gasteiger partial charge in [0, 0.05) is 24.7 Å². The molecule has 30 heavy (non-hydrogen) atoms. The third-order valence-electron chi connectivity index (χ3n) is 4.44. The number of anilines is 1. The zero-order valence-corrected chi connectivity index (χ0v) is 17.7. The molecule has 0 unspecified atom stereocenters. The first-order chi connectivity index (χ1) is 14.3. The molecule has 1 aliphatic rings. The van der Waals surface area contributed by atoms with Crippen molar-refractivity contribution in [2.24, 2.45) is 0 Å². The van der Waals surface area contributed by atoms with E-state index in [9.17, 15) is 17.6 Å². The van der Waals surface area contributed by atoms with Gasteiger partial charge in [0.25, 0.3) is 0 Å². The lowest BCUT2D eigenvalue weighted by molar-refractivity contribution is -0.111. The summed E-state index contributed by atoms with van der Waals surface area (Å²) in [6.07, 6.45) is 2.35. The number of carbonyl (C=O) groups excluding carboxylic acids is 1. The number of benzene rings is 2. The van der Waals surface area contributed by atoms with Crippen LogP contribution in [0.25, 0.3) is 6.08 Å². The van der Waals surface area contributed by atoms with Crippen LogP contribution in [0.5, 0.6) is 5.75 Å². The van der Waals surface area contributed by atoms with Crippen molar-refractivity contribution in [3.8, 4) is 5.75 Å². The molecule has 1 saturated heterocycles. The van der Waals surface area contributed by atoms with E-state index in [1.807, 2.05) is 0 Å². The first kappa shape index (κ1) is 22.2. The van der Waals surface area contributed by atoms with Gasteiger partial charge in [-0.05, 0) is 36.4 Å². The largest absolute Gasteiger partial charge is 0.495 e. The summed E-state index contributed by atoms with van der Waals surface area (Å²) in [7, 11) is -2.35. The fourth-order valence-corrected chi connectivity index (χ4v) is 4.55. The van der Waals surface area contributed by atoms with E-state index >= 15 is 0 Å². The Bertz CT molecular complexity index is 1050. The highest BCUT2D eigenvalue weighted by atomic mass is 35.5. The third-order valence-corrected chi connectivity index (χ3v) is 6.66. The van der Waals surface area contributed by atoms with Crippen LogP contribution >= 0.6 is 11.6 Å². The van der Waals surface area contributed by atoms with Gasteiger partial charge in [0.2, 0.25) is 15.9 Å². The molecule has 0 atom stereocenters. The standard InChI is InChI=1S/C20H20ClFN2O5S/c1-28-19-7-5-14(30(26,27)24-9-11-29-12-10-24)13-18(19)23-20(25)8-6-15-16(21)3-2-4-17(15)22/h2-8,13H,9-12H2,1H3,(H,23,25). The first-order valence-electron chi connectivity index (χ1n) is 9.02. The van der Waals surface area contributed by atoms with Gasteiger partial charge in [-0.25, -0.2) is 12.8 Å². The summed E-state index contributed by atoms with van der Waals surface area (Å²) in [5.41, 5.74) is 0.242. The molecule has 2 aromatic carbocycles. The summed E-state index contributed by atoms with van der Waals surface area (Å²) in [6, 6.07) is 8.39. The normalized spacial score (nSPS) is 15.3. The number of methoxy groups -OCH3 is 1. The minimum atomic E-state index is -3.75. The van der Waals surface area contributed by atoms with Gasteiger partial charge >= 0.3 is 0 Å². The molecule has 1 N–H and O–H groups in total. The van der Waals surface area contributed by atoms with Crippen LogP contribution in [0.4, 0.5) is 10.1 Å². The maximum Gasteiger partial charge on any atom is 0.248 e. The number of morpholine rings is 1. The van der Waals surface area contributed by atoms with Crippen molar-refractivity contribution in [3.63, 3.8) is 0 Å². The minimum absolute atomic E-state index is 0.0154. The molecule has 10 heteroatoms. The lowest BCUT2D eigenvalue weighted by Crippen LogP contribution is -2.40. The van der Waals surface area contributed by atoms with Crippen molar-refractivity contribution >= 4 is 39.3 Å². The fraction of sp³-hybridized carbons (Fsp3) is 0.250. The van der Waals surface area contributed by atoms with Crippen LogP contribution in [0.1, 0.15) is 5.56 Å². The number of nitrogens with zero attached hydrogens (tertiary/aromatic N) is 1. The maximum absolute atomic E-state index is 13.8. The van der Waals surface area contributed by atoms with Crippen LogP contribution in [-0.4, -0.2) is 52.0 Å². The Labute approximate surface area is 179 Å². The molecule has 0 aromatic heterocycles. The van der Waals surface area contributed by atoms with Gasteiger partial charge in [-0.3, -0.25) is 4.79 Å². The molecule has 1 fully saturated rings. The molecule has 0 aliphatic carbocycles. The second-order valence-electron chi connectivity index (χ2n) is 6.34. The highest BCUT2D eigenvalue weighted by Gasteiger charge is 2.27. The predicted octanol–water partition coefficient (Wildman–Crippen LogP) is 3.16. The van der Waals surface area contributed by atoms with E-state index < -0.39 is 21.7 Å². The van der Waals surface area contributed by atoms with E-state index in [1.165, 1.54) is 53.9 Å². The number of hydrogen-bond acceptors (Lipinski definition) is 5. The lowest BCUT2D eigenvalue weighted by Gasteiger charge is -2.26. The molecule has 1 aliphatic heterocycles. The number of sulfonamides is 1. The van der Waals surface area contributed by atoms with Gasteiger partial charge in [0.05, 0.1) is 35.9 Å². The highest BCUT2D eigenvalue weighted by molar-refractivity contribution is 7.89. The lowest BCUT2D eigenvalue weighted by atomic mass is 10.2. The van der Waals surface area contributed by atoms with Crippen LogP contribution in [-0.2, 0) is 19.6 Å². The van der Waals surface area contributed by atoms with E-state index in [0.29, 0.717) is 13.2 Å². The second kappa shape index (κ2) is 9.57. The predicted molar refractivity (Wildman–Crippen MR) is 112 cm³/mol. The van der Waals surface area contributed by atoms with Crippen LogP contribution in [0, 0.1) is 5.82 Å². The Morgan fingerprint density at radius 3 is 2.67 bits per heavy atom. The van der Waals surface area contributed by atoms with Crippen molar-refractivity contribution in [1.82, 2.24) is 4.31 Å². The summed E-state index contributed by atoms with van der Waals surface area (Å²) in [4.78, 5) is 12.4. The van der Waals surface area contributed by atoms with E-state index in [2.05, 4.69) is 5.32 Å². The molecular weight excluding hydrogens is 435 g/mol. The van der Waals surface area contributed by atoms with Crippen LogP contribution < -0.4 is 10.1 Å². The van der Waals surface area contributed by atoms with Gasteiger partial charge in [-0.1, -0.05) is 17.7 Å². The average Bonchev–Trinajstić information content (AvgIpc) is 2.74. The number of carbonyl (C=O) groups is 1. The molecule has 3 rings (SSSR count). The van der Waals surface area contributed by atoms with Crippen LogP contribution in [0.3, 0.4) is 0 Å². The minimum Gasteiger partial charge on any atom is -0.495 e. The number of halogens is 2. The summed E-state index contributed by atoms with van der Waals surface area (Å²) < 4.78 is 51.3. The van der Waals surface area contributed by atoms with Crippen molar-refractivity contribution in [2.75, 3.05) is 38.7 Å². The van der Waals surface area contributed by atoms with E-state index in [1.54, 1.807) is 0 Å². The third kappa shape index (κ3) is 4.99. The highest BCUT2D eigenvalue weighted by Crippen LogP contribution is 2.29. The number of nitrogens with one attached hydrogen (secondary N) is 1. The Balaban J connectivity index is 1.83. The molecule has 160 valence electrons. The van der Waals surface area contributed by atoms with E-state index in [4.69, 9.17) is 21.1 Å². The summed E-state index contributed by atoms with van der Waals surface area (Å²) >= 11 is 5.94. The Hall–Kier alpha value is -2.46. The average molecular weight is 455 g/mol. The molecular formula is C20H20ClFN2O5S. The Morgan fingerprint density at radius 1 is 1.27 bits per heavy atom. The smallest absolute Gasteiger partial charge is 0.248 e. The second-order valence-corrected chi connectivity index (χ2v) is 8.68. The molecule has 2 aromatic rings. The number of amides is 1. The van der Waals surface area contributed by atoms with Crippen molar-refractivity contribution < 1.29 is 27.1 Å². The molecule has 0 spiro atoms. The SMILES string of the molecule is COc1ccc(S(=O)(=O)N2CCOCC2)cc1NC(=O)C=Cc1c(F)cccc1Cl. The van der Waals surface area contributed by atoms with E-state index in [-0.39, 0.29) is 40.0 Å². The van der Waals surface area contributed by atoms with Crippen molar-refractivity contribution in [1.29, 1.82) is 0 Å². The van der Waals surface area contributed by atoms with Gasteiger partial charge < -0.3 is 14.8 Å². The zero-order valence-electron chi connectivity index (χ0n) is 16.1. The maximum atomic E-state index is 13.8. The summed E-state index contributed by atoms with van der Waals surface area (Å²) in [5, 5.41) is 2.72. The molecule has 0 saturated carbocycles. The molecule has 1 heterocycles. The fourth-order valence-electron chi connectivity index (χ4n) is 2.88. The van der Waals surface area contributed by atoms with Gasteiger partial charge in [-0.15, -0.1) is 0 Å². The first-order valence-corrected chi connectivity index (χ1v) is 10.8. The number of ether oxygens (including phenoxy) is 2. The van der Waals surface area contributed by atoms with Crippen molar-refractivity contribution in [3.05, 3.63) is 58.9 Å². The number of hydrogen-bond donors (Lipinski definition) is 1. The molecule has 7 nitrogen and oxygen atoms in total. The summed E-state index contributed by atoms with van der Waals surface area (Å²) in [6.45, 7) is 1.15. The van der Waals surface area contributed by atoms with Crippen LogP contribution in [0.2, 0.25) is 5.02 Å². The summed E-state index contributed by atoms with van der Waals surface area (Å²) in [5.74, 6) is -0.891. The van der Waals surface area contributed by atoms with Gasteiger partial charge in [0.15, 0.2) is 0 Å². The zero-order chi connectivity index (χ0) is 21.7. The van der Waals surface area contributed by atoms with Gasteiger partial charge in [-0.2, -0.15) is 4.31 Å². The molecule has 0 radical (unpaired) electrons. The van der Waals surface area contributed by atoms with Crippen LogP contribution in [0.15, 0.2) is 47.4 Å². The van der Waals surface area contributed by atoms with Crippen molar-refractivity contribution in [2.45, 2.75) is 4.90 Å². The number of rotatable bonds is 6. The van der Waals surface area contributed by atoms with Gasteiger partial charge in [0.1, 0.15) is 11.6 Å². The molecule has 1 amide bonds. The monoisotopic (exact) mass is 454 g/mol. The Morgan fingerprint density at radius 2 is 2.00 bits per heavy atom. The quantitative estimate of drug-likeness (QED) is 0.678. The topological polar surface area (TPSA) is 84.9 Å². The molecule has 0 bridgehead atoms. The Kier molecular flexibility index (Phi) is 7.09. The van der Waals surface area contributed by atoms with E-state index in [0.717, 1.165) is 6.08 Å².